The molecule has 1 aliphatic rings. The Morgan fingerprint density at radius 2 is 1.77 bits per heavy atom. The Labute approximate surface area is 181 Å². The lowest BCUT2D eigenvalue weighted by atomic mass is 10.0. The van der Waals surface area contributed by atoms with E-state index in [-0.39, 0.29) is 18.2 Å². The van der Waals surface area contributed by atoms with Gasteiger partial charge in [0, 0.05) is 6.54 Å². The Balaban J connectivity index is 1.92. The van der Waals surface area contributed by atoms with Gasteiger partial charge in [0.25, 0.3) is 0 Å². The summed E-state index contributed by atoms with van der Waals surface area (Å²) in [5.41, 5.74) is 1.19. The molecule has 1 fully saturated rings. The van der Waals surface area contributed by atoms with Crippen LogP contribution in [0.3, 0.4) is 0 Å². The van der Waals surface area contributed by atoms with Crippen LogP contribution in [0.2, 0.25) is 5.02 Å². The molecule has 0 spiro atoms. The molecule has 5 nitrogen and oxygen atoms in total. The van der Waals surface area contributed by atoms with E-state index in [0.29, 0.717) is 34.1 Å². The predicted octanol–water partition coefficient (Wildman–Crippen LogP) is 5.34. The summed E-state index contributed by atoms with van der Waals surface area (Å²) in [7, 11) is 2.95. The molecule has 2 unspecified atom stereocenters. The number of methoxy groups -OCH3 is 2. The summed E-state index contributed by atoms with van der Waals surface area (Å²) in [6, 6.07) is 8.11. The zero-order valence-electron chi connectivity index (χ0n) is 16.0. The number of likely N-dealkylation sites (tertiary alicyclic amines) is 1. The standard InChI is InChI=1S/C20H18Cl2F3NO4/c1-28-16-8-7-13(21)18(29-2)17(16)15-9-14(22)19(27)26(15)10-11-3-5-12(6-4-11)30-20(23,24)25/h3-8,14-15H,9-10H2,1-2H3. The number of benzene rings is 2. The smallest absolute Gasteiger partial charge is 0.496 e. The number of alkyl halides is 4. The minimum absolute atomic E-state index is 0.123. The quantitative estimate of drug-likeness (QED) is 0.542. The number of ether oxygens (including phenoxy) is 3. The predicted molar refractivity (Wildman–Crippen MR) is 105 cm³/mol. The van der Waals surface area contributed by atoms with Crippen molar-refractivity contribution in [2.45, 2.75) is 30.7 Å². The van der Waals surface area contributed by atoms with Crippen LogP contribution in [0.25, 0.3) is 0 Å². The molecule has 30 heavy (non-hydrogen) atoms. The van der Waals surface area contributed by atoms with Gasteiger partial charge in [-0.15, -0.1) is 24.8 Å². The lowest BCUT2D eigenvalue weighted by Gasteiger charge is -2.28. The molecule has 1 heterocycles. The average molecular weight is 464 g/mol. The minimum Gasteiger partial charge on any atom is -0.496 e. The van der Waals surface area contributed by atoms with Crippen molar-refractivity contribution in [1.29, 1.82) is 0 Å². The summed E-state index contributed by atoms with van der Waals surface area (Å²) < 4.78 is 51.8. The molecular formula is C20H18Cl2F3NO4. The number of carbonyl (C=O) groups is 1. The first-order valence-electron chi connectivity index (χ1n) is 8.84. The molecule has 0 N–H and O–H groups in total. The fraction of sp³-hybridized carbons (Fsp3) is 0.350. The first-order valence-corrected chi connectivity index (χ1v) is 9.65. The zero-order valence-corrected chi connectivity index (χ0v) is 17.5. The second-order valence-electron chi connectivity index (χ2n) is 6.57. The molecule has 162 valence electrons. The van der Waals surface area contributed by atoms with Gasteiger partial charge in [-0.3, -0.25) is 4.79 Å². The highest BCUT2D eigenvalue weighted by Gasteiger charge is 2.42. The molecule has 2 aromatic rings. The van der Waals surface area contributed by atoms with Crippen LogP contribution in [0.1, 0.15) is 23.6 Å². The van der Waals surface area contributed by atoms with Gasteiger partial charge in [-0.25, -0.2) is 0 Å². The van der Waals surface area contributed by atoms with Crippen molar-refractivity contribution in [3.63, 3.8) is 0 Å². The van der Waals surface area contributed by atoms with Gasteiger partial charge in [0.05, 0.1) is 30.8 Å². The number of hydrogen-bond acceptors (Lipinski definition) is 4. The normalized spacial score (nSPS) is 19.2. The molecule has 1 amide bonds. The molecule has 2 atom stereocenters. The van der Waals surface area contributed by atoms with E-state index in [9.17, 15) is 18.0 Å². The number of halogens is 5. The van der Waals surface area contributed by atoms with Crippen molar-refractivity contribution in [1.82, 2.24) is 4.90 Å². The topological polar surface area (TPSA) is 48.0 Å². The first kappa shape index (κ1) is 22.4. The monoisotopic (exact) mass is 463 g/mol. The molecule has 3 rings (SSSR count). The third-order valence-electron chi connectivity index (χ3n) is 4.73. The van der Waals surface area contributed by atoms with Gasteiger partial charge in [0.1, 0.15) is 22.6 Å². The van der Waals surface area contributed by atoms with Crippen molar-refractivity contribution in [3.8, 4) is 17.2 Å². The number of hydrogen-bond donors (Lipinski definition) is 0. The maximum Gasteiger partial charge on any atom is 0.573 e. The lowest BCUT2D eigenvalue weighted by Crippen LogP contribution is -2.29. The van der Waals surface area contributed by atoms with E-state index in [1.807, 2.05) is 0 Å². The molecule has 0 radical (unpaired) electrons. The van der Waals surface area contributed by atoms with E-state index in [2.05, 4.69) is 4.74 Å². The third kappa shape index (κ3) is 4.70. The summed E-state index contributed by atoms with van der Waals surface area (Å²) in [5, 5.41) is -0.413. The van der Waals surface area contributed by atoms with Crippen LogP contribution in [0.15, 0.2) is 36.4 Å². The molecule has 1 saturated heterocycles. The van der Waals surface area contributed by atoms with Crippen LogP contribution in [-0.4, -0.2) is 36.8 Å². The van der Waals surface area contributed by atoms with Crippen LogP contribution in [0.5, 0.6) is 17.2 Å². The maximum atomic E-state index is 12.7. The zero-order chi connectivity index (χ0) is 22.1. The van der Waals surface area contributed by atoms with Gasteiger partial charge in [-0.2, -0.15) is 0 Å². The number of rotatable bonds is 6. The van der Waals surface area contributed by atoms with Gasteiger partial charge in [-0.05, 0) is 36.2 Å². The molecule has 2 aromatic carbocycles. The van der Waals surface area contributed by atoms with E-state index in [1.54, 1.807) is 12.1 Å². The number of carbonyl (C=O) groups excluding carboxylic acids is 1. The van der Waals surface area contributed by atoms with Crippen LogP contribution < -0.4 is 14.2 Å². The van der Waals surface area contributed by atoms with Crippen molar-refractivity contribution >= 4 is 29.1 Å². The van der Waals surface area contributed by atoms with Crippen LogP contribution in [-0.2, 0) is 11.3 Å². The minimum atomic E-state index is -4.77. The Morgan fingerprint density at radius 1 is 1.10 bits per heavy atom. The Bertz CT molecular complexity index is 922. The van der Waals surface area contributed by atoms with E-state index in [4.69, 9.17) is 32.7 Å². The van der Waals surface area contributed by atoms with Gasteiger partial charge in [0.15, 0.2) is 0 Å². The van der Waals surface area contributed by atoms with E-state index < -0.39 is 17.8 Å². The summed E-state index contributed by atoms with van der Waals surface area (Å²) >= 11 is 12.5. The Hall–Kier alpha value is -2.32. The van der Waals surface area contributed by atoms with Gasteiger partial charge in [0.2, 0.25) is 5.91 Å². The summed E-state index contributed by atoms with van der Waals surface area (Å²) in [5.74, 6) is 0.211. The van der Waals surface area contributed by atoms with Crippen molar-refractivity contribution in [2.75, 3.05) is 14.2 Å². The van der Waals surface area contributed by atoms with E-state index in [1.165, 1.54) is 43.4 Å². The van der Waals surface area contributed by atoms with Crippen LogP contribution in [0.4, 0.5) is 13.2 Å². The highest BCUT2D eigenvalue weighted by molar-refractivity contribution is 6.32. The molecule has 0 saturated carbocycles. The average Bonchev–Trinajstić information content (AvgIpc) is 2.96. The Kier molecular flexibility index (Phi) is 6.57. The second-order valence-corrected chi connectivity index (χ2v) is 7.51. The Morgan fingerprint density at radius 3 is 2.33 bits per heavy atom. The second kappa shape index (κ2) is 8.81. The number of amides is 1. The van der Waals surface area contributed by atoms with Crippen molar-refractivity contribution < 1.29 is 32.2 Å². The lowest BCUT2D eigenvalue weighted by molar-refractivity contribution is -0.274. The summed E-state index contributed by atoms with van der Waals surface area (Å²) in [4.78, 5) is 14.3. The highest BCUT2D eigenvalue weighted by Crippen LogP contribution is 2.47. The molecule has 0 aliphatic carbocycles. The largest absolute Gasteiger partial charge is 0.573 e. The molecular weight excluding hydrogens is 446 g/mol. The van der Waals surface area contributed by atoms with Gasteiger partial charge in [-0.1, -0.05) is 23.7 Å². The summed E-state index contributed by atoms with van der Waals surface area (Å²) in [6.45, 7) is 0.123. The number of nitrogens with zero attached hydrogens (tertiary/aromatic N) is 1. The first-order chi connectivity index (χ1) is 14.1. The van der Waals surface area contributed by atoms with Crippen molar-refractivity contribution in [2.24, 2.45) is 0 Å². The third-order valence-corrected chi connectivity index (χ3v) is 5.40. The summed E-state index contributed by atoms with van der Waals surface area (Å²) in [6.07, 6.45) is -4.48. The van der Waals surface area contributed by atoms with Crippen LogP contribution >= 0.6 is 23.2 Å². The van der Waals surface area contributed by atoms with Crippen molar-refractivity contribution in [3.05, 3.63) is 52.5 Å². The van der Waals surface area contributed by atoms with E-state index >= 15 is 0 Å². The fourth-order valence-corrected chi connectivity index (χ4v) is 4.00. The van der Waals surface area contributed by atoms with Crippen LogP contribution in [0, 0.1) is 0 Å². The fourth-order valence-electron chi connectivity index (χ4n) is 3.47. The van der Waals surface area contributed by atoms with E-state index in [0.717, 1.165) is 0 Å². The molecule has 0 aromatic heterocycles. The molecule has 0 bridgehead atoms. The van der Waals surface area contributed by atoms with Gasteiger partial charge >= 0.3 is 6.36 Å². The van der Waals surface area contributed by atoms with Gasteiger partial charge < -0.3 is 19.1 Å². The SMILES string of the molecule is COc1ccc(Cl)c(OC)c1C1CC(Cl)C(=O)N1Cc1ccc(OC(F)(F)F)cc1. The molecule has 10 heteroatoms. The molecule has 1 aliphatic heterocycles. The maximum absolute atomic E-state index is 12.7. The highest BCUT2D eigenvalue weighted by atomic mass is 35.5.